The molecule has 18 heavy (non-hydrogen) atoms. The number of aryl methyl sites for hydroxylation is 2. The summed E-state index contributed by atoms with van der Waals surface area (Å²) in [5.41, 5.74) is 2.01. The van der Waals surface area contributed by atoms with E-state index in [0.29, 0.717) is 23.6 Å². The summed E-state index contributed by atoms with van der Waals surface area (Å²) in [6, 6.07) is 0.497. The molecular formula is C13H18N2O2S. The van der Waals surface area contributed by atoms with Crippen molar-refractivity contribution in [2.24, 2.45) is 0 Å². The second-order valence-corrected chi connectivity index (χ2v) is 6.53. The van der Waals surface area contributed by atoms with Crippen LogP contribution < -0.4 is 0 Å². The minimum atomic E-state index is 0.294. The smallest absolute Gasteiger partial charge is 0.223 e. The predicted molar refractivity (Wildman–Crippen MR) is 70.7 cm³/mol. The summed E-state index contributed by atoms with van der Waals surface area (Å²) in [6.45, 7) is 4.80. The van der Waals surface area contributed by atoms with Crippen molar-refractivity contribution in [2.45, 2.75) is 44.4 Å². The maximum Gasteiger partial charge on any atom is 0.223 e. The van der Waals surface area contributed by atoms with Gasteiger partial charge >= 0.3 is 0 Å². The van der Waals surface area contributed by atoms with E-state index in [2.05, 4.69) is 10.1 Å². The lowest BCUT2D eigenvalue weighted by atomic mass is 10.1. The molecule has 0 spiro atoms. The number of hydrogen-bond donors (Lipinski definition) is 0. The van der Waals surface area contributed by atoms with Gasteiger partial charge in [-0.05, 0) is 26.7 Å². The Hall–Kier alpha value is -0.970. The molecule has 3 rings (SSSR count). The zero-order valence-corrected chi connectivity index (χ0v) is 11.6. The second-order valence-electron chi connectivity index (χ2n) is 5.19. The lowest BCUT2D eigenvalue weighted by molar-refractivity contribution is -0.131. The van der Waals surface area contributed by atoms with Crippen LogP contribution in [0.5, 0.6) is 0 Å². The van der Waals surface area contributed by atoms with Gasteiger partial charge in [-0.1, -0.05) is 5.16 Å². The molecule has 1 aromatic heterocycles. The van der Waals surface area contributed by atoms with Crippen LogP contribution in [0.25, 0.3) is 0 Å². The monoisotopic (exact) mass is 266 g/mol. The summed E-state index contributed by atoms with van der Waals surface area (Å²) >= 11 is 2.02. The first-order valence-electron chi connectivity index (χ1n) is 6.48. The van der Waals surface area contributed by atoms with Crippen molar-refractivity contribution in [3.05, 3.63) is 17.0 Å². The molecule has 3 heterocycles. The molecule has 2 saturated heterocycles. The van der Waals surface area contributed by atoms with Gasteiger partial charge in [0.2, 0.25) is 5.91 Å². The highest BCUT2D eigenvalue weighted by molar-refractivity contribution is 8.00. The van der Waals surface area contributed by atoms with Gasteiger partial charge in [-0.15, -0.1) is 0 Å². The Bertz CT molecular complexity index is 452. The van der Waals surface area contributed by atoms with E-state index in [0.717, 1.165) is 35.7 Å². The summed E-state index contributed by atoms with van der Waals surface area (Å²) in [4.78, 5) is 14.3. The number of carbonyl (C=O) groups excluding carboxylic acids is 1. The number of hydrogen-bond acceptors (Lipinski definition) is 4. The Kier molecular flexibility index (Phi) is 3.09. The fourth-order valence-corrected chi connectivity index (χ4v) is 4.37. The van der Waals surface area contributed by atoms with E-state index in [4.69, 9.17) is 4.52 Å². The van der Waals surface area contributed by atoms with Gasteiger partial charge in [-0.25, -0.2) is 0 Å². The van der Waals surface area contributed by atoms with Crippen LogP contribution in [0.4, 0.5) is 0 Å². The van der Waals surface area contributed by atoms with Crippen LogP contribution in [0.2, 0.25) is 0 Å². The number of rotatable bonds is 3. The molecule has 2 unspecified atom stereocenters. The first-order valence-corrected chi connectivity index (χ1v) is 7.53. The topological polar surface area (TPSA) is 46.3 Å². The summed E-state index contributed by atoms with van der Waals surface area (Å²) in [7, 11) is 0. The lowest BCUT2D eigenvalue weighted by Crippen LogP contribution is -2.39. The molecule has 1 aromatic rings. The molecule has 5 heteroatoms. The fraction of sp³-hybridized carbons (Fsp3) is 0.692. The zero-order chi connectivity index (χ0) is 12.7. The molecule has 98 valence electrons. The van der Waals surface area contributed by atoms with Crippen LogP contribution in [0, 0.1) is 13.8 Å². The van der Waals surface area contributed by atoms with Crippen molar-refractivity contribution in [1.82, 2.24) is 10.1 Å². The van der Waals surface area contributed by atoms with E-state index in [9.17, 15) is 4.79 Å². The summed E-state index contributed by atoms with van der Waals surface area (Å²) in [5.74, 6) is 2.27. The molecular weight excluding hydrogens is 248 g/mol. The molecule has 0 saturated carbocycles. The average molecular weight is 266 g/mol. The quantitative estimate of drug-likeness (QED) is 0.839. The number of aromatic nitrogens is 1. The standard InChI is InChI=1S/C13H18N2O2S/c1-8-12(9(2)17-14-8)3-4-13(16)15-6-11-5-10(15)7-18-11/h10-11H,3-7H2,1-2H3. The normalized spacial score (nSPS) is 26.0. The Morgan fingerprint density at radius 3 is 2.94 bits per heavy atom. The van der Waals surface area contributed by atoms with E-state index in [-0.39, 0.29) is 0 Å². The lowest BCUT2D eigenvalue weighted by Gasteiger charge is -2.26. The Morgan fingerprint density at radius 2 is 2.39 bits per heavy atom. The van der Waals surface area contributed by atoms with Gasteiger partial charge in [0.1, 0.15) is 5.76 Å². The summed E-state index contributed by atoms with van der Waals surface area (Å²) < 4.78 is 5.12. The maximum atomic E-state index is 12.2. The highest BCUT2D eigenvalue weighted by atomic mass is 32.2. The molecule has 0 radical (unpaired) electrons. The molecule has 2 aliphatic rings. The Morgan fingerprint density at radius 1 is 1.56 bits per heavy atom. The zero-order valence-electron chi connectivity index (χ0n) is 10.8. The second kappa shape index (κ2) is 4.61. The van der Waals surface area contributed by atoms with Gasteiger partial charge in [0.25, 0.3) is 0 Å². The first kappa shape index (κ1) is 12.1. The SMILES string of the molecule is Cc1noc(C)c1CCC(=O)N1CC2CC1CS2. The number of thioether (sulfide) groups is 1. The number of likely N-dealkylation sites (tertiary alicyclic amines) is 1. The van der Waals surface area contributed by atoms with E-state index in [1.54, 1.807) is 0 Å². The van der Waals surface area contributed by atoms with Gasteiger partial charge in [0, 0.05) is 35.6 Å². The van der Waals surface area contributed by atoms with E-state index in [1.807, 2.05) is 25.6 Å². The third-order valence-electron chi connectivity index (χ3n) is 3.99. The van der Waals surface area contributed by atoms with E-state index < -0.39 is 0 Å². The van der Waals surface area contributed by atoms with Gasteiger partial charge in [-0.2, -0.15) is 11.8 Å². The Labute approximate surface area is 111 Å². The largest absolute Gasteiger partial charge is 0.361 e. The van der Waals surface area contributed by atoms with E-state index in [1.165, 1.54) is 6.42 Å². The van der Waals surface area contributed by atoms with Gasteiger partial charge in [0.15, 0.2) is 0 Å². The number of amides is 1. The predicted octanol–water partition coefficient (Wildman–Crippen LogP) is 1.94. The first-order chi connectivity index (χ1) is 8.65. The molecule has 0 aromatic carbocycles. The highest BCUT2D eigenvalue weighted by Crippen LogP contribution is 2.37. The minimum Gasteiger partial charge on any atom is -0.361 e. The van der Waals surface area contributed by atoms with Crippen molar-refractivity contribution in [2.75, 3.05) is 12.3 Å². The van der Waals surface area contributed by atoms with Crippen LogP contribution in [-0.2, 0) is 11.2 Å². The third-order valence-corrected chi connectivity index (χ3v) is 5.38. The number of nitrogens with zero attached hydrogens (tertiary/aromatic N) is 2. The Balaban J connectivity index is 1.59. The highest BCUT2D eigenvalue weighted by Gasteiger charge is 2.40. The molecule has 2 bridgehead atoms. The third kappa shape index (κ3) is 2.05. The average Bonchev–Trinajstić information content (AvgIpc) is 3.04. The van der Waals surface area contributed by atoms with Crippen molar-refractivity contribution < 1.29 is 9.32 Å². The van der Waals surface area contributed by atoms with Gasteiger partial charge < -0.3 is 9.42 Å². The van der Waals surface area contributed by atoms with Crippen molar-refractivity contribution in [3.8, 4) is 0 Å². The van der Waals surface area contributed by atoms with Crippen molar-refractivity contribution in [3.63, 3.8) is 0 Å². The van der Waals surface area contributed by atoms with Crippen molar-refractivity contribution in [1.29, 1.82) is 0 Å². The molecule has 2 atom stereocenters. The molecule has 4 nitrogen and oxygen atoms in total. The van der Waals surface area contributed by atoms with Crippen LogP contribution in [-0.4, -0.2) is 39.6 Å². The molecule has 0 aliphatic carbocycles. The minimum absolute atomic E-state index is 0.294. The fourth-order valence-electron chi connectivity index (χ4n) is 2.94. The van der Waals surface area contributed by atoms with Gasteiger partial charge in [-0.3, -0.25) is 4.79 Å². The maximum absolute atomic E-state index is 12.2. The van der Waals surface area contributed by atoms with Crippen LogP contribution in [0.15, 0.2) is 4.52 Å². The molecule has 2 aliphatic heterocycles. The van der Waals surface area contributed by atoms with E-state index >= 15 is 0 Å². The van der Waals surface area contributed by atoms with Crippen molar-refractivity contribution >= 4 is 17.7 Å². The summed E-state index contributed by atoms with van der Waals surface area (Å²) in [5, 5.41) is 4.62. The molecule has 0 N–H and O–H groups in total. The molecule has 1 amide bonds. The van der Waals surface area contributed by atoms with Gasteiger partial charge in [0.05, 0.1) is 5.69 Å². The molecule has 2 fully saturated rings. The van der Waals surface area contributed by atoms with Crippen LogP contribution in [0.3, 0.4) is 0 Å². The summed E-state index contributed by atoms with van der Waals surface area (Å²) in [6.07, 6.45) is 2.53. The van der Waals surface area contributed by atoms with Crippen LogP contribution in [0.1, 0.15) is 29.9 Å². The number of fused-ring (bicyclic) bond motifs is 2. The van der Waals surface area contributed by atoms with Crippen LogP contribution >= 0.6 is 11.8 Å². The number of carbonyl (C=O) groups is 1.